The molecule has 0 N–H and O–H groups in total. The Kier molecular flexibility index (Phi) is 2.39. The van der Waals surface area contributed by atoms with Gasteiger partial charge in [-0.2, -0.15) is 0 Å². The highest BCUT2D eigenvalue weighted by Crippen LogP contribution is 2.44. The smallest absolute Gasteiger partial charge is 0.172 e. The molecule has 0 radical (unpaired) electrons. The molecule has 3 nitrogen and oxygen atoms in total. The monoisotopic (exact) mass is 246 g/mol. The molecule has 0 amide bonds. The van der Waals surface area contributed by atoms with Crippen LogP contribution < -0.4 is 4.74 Å². The van der Waals surface area contributed by atoms with Crippen LogP contribution in [0.3, 0.4) is 0 Å². The van der Waals surface area contributed by atoms with Crippen molar-refractivity contribution in [2.45, 2.75) is 37.6 Å². The third-order valence-corrected chi connectivity index (χ3v) is 4.48. The normalized spacial score (nSPS) is 32.7. The highest BCUT2D eigenvalue weighted by atomic mass is 16.7. The molecule has 1 aromatic carbocycles. The zero-order chi connectivity index (χ0) is 12.0. The predicted octanol–water partition coefficient (Wildman–Crippen LogP) is 2.53. The van der Waals surface area contributed by atoms with E-state index in [9.17, 15) is 0 Å². The maximum absolute atomic E-state index is 6.16. The van der Waals surface area contributed by atoms with Crippen LogP contribution in [-0.2, 0) is 15.9 Å². The highest BCUT2D eigenvalue weighted by molar-refractivity contribution is 5.36. The molecule has 1 aliphatic carbocycles. The molecule has 18 heavy (non-hydrogen) atoms. The zero-order valence-electron chi connectivity index (χ0n) is 10.4. The van der Waals surface area contributed by atoms with E-state index in [1.807, 2.05) is 6.07 Å². The molecule has 1 spiro atoms. The van der Waals surface area contributed by atoms with Gasteiger partial charge in [0, 0.05) is 18.8 Å². The van der Waals surface area contributed by atoms with E-state index in [0.717, 1.165) is 44.6 Å². The average molecular weight is 246 g/mol. The van der Waals surface area contributed by atoms with Crippen LogP contribution in [0.25, 0.3) is 0 Å². The quantitative estimate of drug-likeness (QED) is 0.704. The standard InChI is InChI=1S/C15H18O3/c1-2-4-13-11(3-1)9-12-5-6-15(10-14(12)18-13)16-7-8-17-15/h1-4,12,14H,5-10H2. The Morgan fingerprint density at radius 3 is 2.83 bits per heavy atom. The number of hydrogen-bond donors (Lipinski definition) is 0. The summed E-state index contributed by atoms with van der Waals surface area (Å²) < 4.78 is 17.8. The molecule has 1 saturated heterocycles. The number of rotatable bonds is 0. The summed E-state index contributed by atoms with van der Waals surface area (Å²) in [6, 6.07) is 8.39. The van der Waals surface area contributed by atoms with Gasteiger partial charge in [-0.25, -0.2) is 0 Å². The van der Waals surface area contributed by atoms with E-state index in [0.29, 0.717) is 5.92 Å². The van der Waals surface area contributed by atoms with Crippen molar-refractivity contribution in [3.05, 3.63) is 29.8 Å². The summed E-state index contributed by atoms with van der Waals surface area (Å²) >= 11 is 0. The lowest BCUT2D eigenvalue weighted by molar-refractivity contribution is -0.203. The first-order chi connectivity index (χ1) is 8.85. The summed E-state index contributed by atoms with van der Waals surface area (Å²) in [5.41, 5.74) is 1.35. The Labute approximate surface area is 107 Å². The second kappa shape index (κ2) is 3.97. The number of ether oxygens (including phenoxy) is 3. The first kappa shape index (κ1) is 10.8. The van der Waals surface area contributed by atoms with Gasteiger partial charge in [0.1, 0.15) is 11.9 Å². The van der Waals surface area contributed by atoms with Crippen molar-refractivity contribution in [2.75, 3.05) is 13.2 Å². The fourth-order valence-corrected chi connectivity index (χ4v) is 3.53. The van der Waals surface area contributed by atoms with E-state index in [2.05, 4.69) is 18.2 Å². The second-order valence-electron chi connectivity index (χ2n) is 5.58. The van der Waals surface area contributed by atoms with Crippen molar-refractivity contribution in [2.24, 2.45) is 5.92 Å². The maximum atomic E-state index is 6.16. The van der Waals surface area contributed by atoms with Gasteiger partial charge in [-0.3, -0.25) is 0 Å². The van der Waals surface area contributed by atoms with E-state index in [1.165, 1.54) is 5.56 Å². The number of fused-ring (bicyclic) bond motifs is 2. The lowest BCUT2D eigenvalue weighted by atomic mass is 9.77. The molecule has 2 unspecified atom stereocenters. The van der Waals surface area contributed by atoms with Crippen LogP contribution in [0.5, 0.6) is 5.75 Å². The molecule has 2 fully saturated rings. The third-order valence-electron chi connectivity index (χ3n) is 4.48. The van der Waals surface area contributed by atoms with Crippen LogP contribution in [0.1, 0.15) is 24.8 Å². The van der Waals surface area contributed by atoms with Gasteiger partial charge in [-0.15, -0.1) is 0 Å². The van der Waals surface area contributed by atoms with Gasteiger partial charge in [0.2, 0.25) is 0 Å². The third kappa shape index (κ3) is 1.65. The molecule has 1 saturated carbocycles. The number of benzene rings is 1. The van der Waals surface area contributed by atoms with Crippen molar-refractivity contribution in [1.29, 1.82) is 0 Å². The van der Waals surface area contributed by atoms with Crippen LogP contribution in [0, 0.1) is 5.92 Å². The molecule has 0 bridgehead atoms. The fourth-order valence-electron chi connectivity index (χ4n) is 3.53. The number of para-hydroxylation sites is 1. The lowest BCUT2D eigenvalue weighted by Gasteiger charge is -2.43. The van der Waals surface area contributed by atoms with Gasteiger partial charge in [-0.1, -0.05) is 18.2 Å². The zero-order valence-corrected chi connectivity index (χ0v) is 10.4. The Hall–Kier alpha value is -1.06. The fraction of sp³-hybridized carbons (Fsp3) is 0.600. The van der Waals surface area contributed by atoms with E-state index in [-0.39, 0.29) is 11.9 Å². The largest absolute Gasteiger partial charge is 0.490 e. The van der Waals surface area contributed by atoms with Crippen molar-refractivity contribution < 1.29 is 14.2 Å². The van der Waals surface area contributed by atoms with Crippen LogP contribution in [0.15, 0.2) is 24.3 Å². The minimum Gasteiger partial charge on any atom is -0.490 e. The summed E-state index contributed by atoms with van der Waals surface area (Å²) in [6.07, 6.45) is 4.42. The summed E-state index contributed by atoms with van der Waals surface area (Å²) in [5, 5.41) is 0. The van der Waals surface area contributed by atoms with Gasteiger partial charge in [0.25, 0.3) is 0 Å². The first-order valence-electron chi connectivity index (χ1n) is 6.87. The minimum absolute atomic E-state index is 0.256. The van der Waals surface area contributed by atoms with Gasteiger partial charge < -0.3 is 14.2 Å². The Balaban J connectivity index is 1.59. The summed E-state index contributed by atoms with van der Waals surface area (Å²) in [4.78, 5) is 0. The molecule has 4 rings (SSSR count). The van der Waals surface area contributed by atoms with E-state index in [4.69, 9.17) is 14.2 Å². The van der Waals surface area contributed by atoms with Crippen molar-refractivity contribution in [3.63, 3.8) is 0 Å². The lowest BCUT2D eigenvalue weighted by Crippen LogP contribution is -2.47. The molecule has 3 aliphatic rings. The Bertz CT molecular complexity index is 451. The molecule has 2 atom stereocenters. The summed E-state index contributed by atoms with van der Waals surface area (Å²) in [5.74, 6) is 1.33. The SMILES string of the molecule is c1ccc2c(c1)CC1CCC3(CC1O2)OCCO3. The predicted molar refractivity (Wildman–Crippen MR) is 66.5 cm³/mol. The molecular formula is C15H18O3. The van der Waals surface area contributed by atoms with Gasteiger partial charge in [0.05, 0.1) is 13.2 Å². The summed E-state index contributed by atoms with van der Waals surface area (Å²) in [6.45, 7) is 1.46. The maximum Gasteiger partial charge on any atom is 0.172 e. The number of hydrogen-bond acceptors (Lipinski definition) is 3. The van der Waals surface area contributed by atoms with Crippen molar-refractivity contribution >= 4 is 0 Å². The molecule has 0 aromatic heterocycles. The Morgan fingerprint density at radius 2 is 1.94 bits per heavy atom. The van der Waals surface area contributed by atoms with Crippen LogP contribution >= 0.6 is 0 Å². The molecule has 96 valence electrons. The highest BCUT2D eigenvalue weighted by Gasteiger charge is 2.47. The summed E-state index contributed by atoms with van der Waals surface area (Å²) in [7, 11) is 0. The van der Waals surface area contributed by atoms with Crippen LogP contribution in [0.2, 0.25) is 0 Å². The topological polar surface area (TPSA) is 27.7 Å². The van der Waals surface area contributed by atoms with Gasteiger partial charge in [0.15, 0.2) is 5.79 Å². The first-order valence-corrected chi connectivity index (χ1v) is 6.87. The van der Waals surface area contributed by atoms with Crippen molar-refractivity contribution in [3.8, 4) is 5.75 Å². The molecule has 1 aromatic rings. The van der Waals surface area contributed by atoms with E-state index < -0.39 is 0 Å². The van der Waals surface area contributed by atoms with E-state index in [1.54, 1.807) is 0 Å². The van der Waals surface area contributed by atoms with Gasteiger partial charge in [-0.05, 0) is 24.5 Å². The second-order valence-corrected chi connectivity index (χ2v) is 5.58. The van der Waals surface area contributed by atoms with E-state index >= 15 is 0 Å². The van der Waals surface area contributed by atoms with Crippen molar-refractivity contribution in [1.82, 2.24) is 0 Å². The molecule has 3 heteroatoms. The average Bonchev–Trinajstić information content (AvgIpc) is 2.85. The minimum atomic E-state index is -0.340. The molecular weight excluding hydrogens is 228 g/mol. The van der Waals surface area contributed by atoms with Crippen LogP contribution in [0.4, 0.5) is 0 Å². The van der Waals surface area contributed by atoms with Crippen LogP contribution in [-0.4, -0.2) is 25.1 Å². The molecule has 2 aliphatic heterocycles. The van der Waals surface area contributed by atoms with Gasteiger partial charge >= 0.3 is 0 Å². The molecule has 2 heterocycles. The Morgan fingerprint density at radius 1 is 1.11 bits per heavy atom.